The largest absolute Gasteiger partial charge is 0.465 e. The lowest BCUT2D eigenvalue weighted by molar-refractivity contribution is 0.0603. The quantitative estimate of drug-likeness (QED) is 0.805. The number of nitrogens with two attached hydrogens (primary N) is 1. The molecule has 0 radical (unpaired) electrons. The number of carbonyl (C=O) groups is 1. The molecule has 0 fully saturated rings. The van der Waals surface area contributed by atoms with Gasteiger partial charge in [-0.05, 0) is 0 Å². The van der Waals surface area contributed by atoms with Crippen molar-refractivity contribution >= 4 is 28.0 Å². The van der Waals surface area contributed by atoms with Gasteiger partial charge in [0.1, 0.15) is 21.5 Å². The van der Waals surface area contributed by atoms with Crippen LogP contribution in [0.5, 0.6) is 0 Å². The lowest BCUT2D eigenvalue weighted by Crippen LogP contribution is -2.13. The Hall–Kier alpha value is -1.88. The molecule has 0 atom stereocenters. The molecule has 0 aromatic carbocycles. The van der Waals surface area contributed by atoms with E-state index in [1.54, 1.807) is 6.07 Å². The minimum Gasteiger partial charge on any atom is -0.465 e. The number of hydrogen-bond acceptors (Lipinski definition) is 6. The zero-order chi connectivity index (χ0) is 13.0. The molecule has 0 aliphatic carbocycles. The third-order valence-electron chi connectivity index (χ3n) is 1.85. The molecule has 1 aromatic heterocycles. The van der Waals surface area contributed by atoms with E-state index < -0.39 is 18.9 Å². The van der Waals surface area contributed by atoms with Crippen molar-refractivity contribution in [3.05, 3.63) is 10.4 Å². The molecule has 5 nitrogen and oxygen atoms in total. The third kappa shape index (κ3) is 2.82. The van der Waals surface area contributed by atoms with E-state index in [1.807, 2.05) is 0 Å². The minimum absolute atomic E-state index is 0.0545. The highest BCUT2D eigenvalue weighted by atomic mass is 32.1. The standard InChI is InChI=1S/C9H9F2N3O2S/c1-16-9(15)6-7(13)4(2-12)17-8(6)14-3-5(10)11/h5,14H,3,13H2,1H3. The van der Waals surface area contributed by atoms with E-state index in [9.17, 15) is 13.6 Å². The number of hydrogen-bond donors (Lipinski definition) is 2. The smallest absolute Gasteiger partial charge is 0.343 e. The van der Waals surface area contributed by atoms with Gasteiger partial charge >= 0.3 is 5.97 Å². The molecule has 0 spiro atoms. The summed E-state index contributed by atoms with van der Waals surface area (Å²) in [6, 6.07) is 1.78. The molecule has 17 heavy (non-hydrogen) atoms. The summed E-state index contributed by atoms with van der Waals surface area (Å²) in [5, 5.41) is 11.2. The first-order valence-electron chi connectivity index (χ1n) is 4.44. The van der Waals surface area contributed by atoms with E-state index in [4.69, 9.17) is 11.0 Å². The molecule has 0 bridgehead atoms. The van der Waals surface area contributed by atoms with Crippen molar-refractivity contribution in [1.82, 2.24) is 0 Å². The molecule has 92 valence electrons. The molecule has 0 unspecified atom stereocenters. The fraction of sp³-hybridized carbons (Fsp3) is 0.333. The van der Waals surface area contributed by atoms with Gasteiger partial charge in [0.25, 0.3) is 6.43 Å². The van der Waals surface area contributed by atoms with E-state index >= 15 is 0 Å². The van der Waals surface area contributed by atoms with Crippen molar-refractivity contribution in [3.63, 3.8) is 0 Å². The van der Waals surface area contributed by atoms with E-state index in [0.717, 1.165) is 18.4 Å². The van der Waals surface area contributed by atoms with Crippen LogP contribution in [0.1, 0.15) is 15.2 Å². The Balaban J connectivity index is 3.11. The fourth-order valence-electron chi connectivity index (χ4n) is 1.13. The zero-order valence-electron chi connectivity index (χ0n) is 8.79. The second-order valence-corrected chi connectivity index (χ2v) is 3.94. The van der Waals surface area contributed by atoms with E-state index in [1.165, 1.54) is 0 Å². The molecule has 0 amide bonds. The van der Waals surface area contributed by atoms with Gasteiger partial charge in [0, 0.05) is 0 Å². The van der Waals surface area contributed by atoms with Crippen LogP contribution in [0.25, 0.3) is 0 Å². The molecule has 8 heteroatoms. The van der Waals surface area contributed by atoms with Gasteiger partial charge in [-0.3, -0.25) is 0 Å². The van der Waals surface area contributed by atoms with Crippen LogP contribution in [0.3, 0.4) is 0 Å². The zero-order valence-corrected chi connectivity index (χ0v) is 9.61. The van der Waals surface area contributed by atoms with Crippen LogP contribution >= 0.6 is 11.3 Å². The first-order valence-corrected chi connectivity index (χ1v) is 5.25. The molecule has 1 rings (SSSR count). The number of nitrogen functional groups attached to an aromatic ring is 1. The number of nitriles is 1. The maximum atomic E-state index is 12.1. The van der Waals surface area contributed by atoms with Gasteiger partial charge in [-0.1, -0.05) is 0 Å². The minimum atomic E-state index is -2.57. The van der Waals surface area contributed by atoms with Gasteiger partial charge in [-0.25, -0.2) is 13.6 Å². The molecule has 1 heterocycles. The average molecular weight is 261 g/mol. The Morgan fingerprint density at radius 1 is 1.71 bits per heavy atom. The average Bonchev–Trinajstić information content (AvgIpc) is 2.62. The summed E-state index contributed by atoms with van der Waals surface area (Å²) in [5.74, 6) is -0.767. The highest BCUT2D eigenvalue weighted by Crippen LogP contribution is 2.35. The highest BCUT2D eigenvalue weighted by Gasteiger charge is 2.23. The van der Waals surface area contributed by atoms with Crippen LogP contribution in [0.15, 0.2) is 0 Å². The number of halogens is 2. The summed E-state index contributed by atoms with van der Waals surface area (Å²) >= 11 is 0.840. The summed E-state index contributed by atoms with van der Waals surface area (Å²) in [7, 11) is 1.14. The summed E-state index contributed by atoms with van der Waals surface area (Å²) in [4.78, 5) is 11.5. The summed E-state index contributed by atoms with van der Waals surface area (Å²) in [5.41, 5.74) is 5.43. The Labute approximate surface area is 99.8 Å². The van der Waals surface area contributed by atoms with Crippen LogP contribution in [-0.2, 0) is 4.74 Å². The van der Waals surface area contributed by atoms with Crippen LogP contribution in [-0.4, -0.2) is 26.0 Å². The van der Waals surface area contributed by atoms with Crippen molar-refractivity contribution in [1.29, 1.82) is 5.26 Å². The number of nitrogens with zero attached hydrogens (tertiary/aromatic N) is 1. The Kier molecular flexibility index (Phi) is 4.23. The molecule has 0 saturated carbocycles. The van der Waals surface area contributed by atoms with Crippen LogP contribution in [0, 0.1) is 11.3 Å². The van der Waals surface area contributed by atoms with Gasteiger partial charge < -0.3 is 15.8 Å². The summed E-state index contributed by atoms with van der Waals surface area (Å²) in [6.07, 6.45) is -2.57. The number of anilines is 2. The van der Waals surface area contributed by atoms with Gasteiger partial charge in [0.05, 0.1) is 19.3 Å². The fourth-order valence-corrected chi connectivity index (χ4v) is 2.04. The number of ether oxygens (including phenoxy) is 1. The Bertz CT molecular complexity index is 468. The molecule has 0 saturated heterocycles. The predicted molar refractivity (Wildman–Crippen MR) is 59.3 cm³/mol. The third-order valence-corrected chi connectivity index (χ3v) is 2.92. The monoisotopic (exact) mass is 261 g/mol. The number of nitrogens with one attached hydrogen (secondary N) is 1. The molecular weight excluding hydrogens is 252 g/mol. The first-order chi connectivity index (χ1) is 8.01. The van der Waals surface area contributed by atoms with Crippen molar-refractivity contribution in [3.8, 4) is 6.07 Å². The lowest BCUT2D eigenvalue weighted by atomic mass is 10.2. The van der Waals surface area contributed by atoms with Gasteiger partial charge in [0.15, 0.2) is 0 Å². The SMILES string of the molecule is COC(=O)c1c(NCC(F)F)sc(C#N)c1N. The molecule has 1 aromatic rings. The van der Waals surface area contributed by atoms with Crippen LogP contribution < -0.4 is 11.1 Å². The highest BCUT2D eigenvalue weighted by molar-refractivity contribution is 7.17. The second kappa shape index (κ2) is 5.45. The van der Waals surface area contributed by atoms with Crippen LogP contribution in [0.2, 0.25) is 0 Å². The number of rotatable bonds is 4. The van der Waals surface area contributed by atoms with Gasteiger partial charge in [-0.15, -0.1) is 11.3 Å². The number of thiophene rings is 1. The number of methoxy groups -OCH3 is 1. The Morgan fingerprint density at radius 3 is 2.82 bits per heavy atom. The summed E-state index contributed by atoms with van der Waals surface area (Å²) in [6.45, 7) is -0.630. The maximum Gasteiger partial charge on any atom is 0.343 e. The van der Waals surface area contributed by atoms with Gasteiger partial charge in [-0.2, -0.15) is 5.26 Å². The summed E-state index contributed by atoms with van der Waals surface area (Å²) < 4.78 is 28.6. The van der Waals surface area contributed by atoms with Crippen molar-refractivity contribution in [2.24, 2.45) is 0 Å². The van der Waals surface area contributed by atoms with Gasteiger partial charge in [0.2, 0.25) is 0 Å². The molecule has 0 aliphatic heterocycles. The molecule has 0 aliphatic rings. The topological polar surface area (TPSA) is 88.1 Å². The maximum absolute atomic E-state index is 12.1. The second-order valence-electron chi connectivity index (χ2n) is 2.92. The Morgan fingerprint density at radius 2 is 2.35 bits per heavy atom. The number of alkyl halides is 2. The number of esters is 1. The van der Waals surface area contributed by atoms with Crippen molar-refractivity contribution < 1.29 is 18.3 Å². The van der Waals surface area contributed by atoms with Crippen LogP contribution in [0.4, 0.5) is 19.5 Å². The first kappa shape index (κ1) is 13.2. The van der Waals surface area contributed by atoms with Crippen molar-refractivity contribution in [2.45, 2.75) is 6.43 Å². The normalized spacial score (nSPS) is 10.1. The van der Waals surface area contributed by atoms with E-state index in [0.29, 0.717) is 0 Å². The molecule has 3 N–H and O–H groups in total. The predicted octanol–water partition coefficient (Wildman–Crippen LogP) is 1.67. The van der Waals surface area contributed by atoms with E-state index in [-0.39, 0.29) is 21.1 Å². The molecular formula is C9H9F2N3O2S. The number of carbonyl (C=O) groups excluding carboxylic acids is 1. The lowest BCUT2D eigenvalue weighted by Gasteiger charge is -2.05. The van der Waals surface area contributed by atoms with E-state index in [2.05, 4.69) is 10.1 Å². The van der Waals surface area contributed by atoms with Crippen molar-refractivity contribution in [2.75, 3.05) is 24.7 Å².